The largest absolute Gasteiger partial charge is 0.497 e. The predicted octanol–water partition coefficient (Wildman–Crippen LogP) is 2.23. The second kappa shape index (κ2) is 5.14. The van der Waals surface area contributed by atoms with E-state index in [0.29, 0.717) is 17.1 Å². The van der Waals surface area contributed by atoms with Crippen LogP contribution >= 0.6 is 0 Å². The third-order valence-electron chi connectivity index (χ3n) is 3.06. The summed E-state index contributed by atoms with van der Waals surface area (Å²) >= 11 is 0. The summed E-state index contributed by atoms with van der Waals surface area (Å²) in [4.78, 5) is 11.1. The van der Waals surface area contributed by atoms with Crippen molar-refractivity contribution in [3.05, 3.63) is 29.5 Å². The van der Waals surface area contributed by atoms with Crippen LogP contribution in [0.15, 0.2) is 18.3 Å². The summed E-state index contributed by atoms with van der Waals surface area (Å²) in [5, 5.41) is 4.12. The molecule has 0 atom stereocenters. The van der Waals surface area contributed by atoms with Crippen LogP contribution in [-0.2, 0) is 7.05 Å². The van der Waals surface area contributed by atoms with Crippen molar-refractivity contribution in [1.82, 2.24) is 9.78 Å². The number of benzene rings is 1. The molecule has 0 fully saturated rings. The first-order valence-corrected chi connectivity index (χ1v) is 5.82. The van der Waals surface area contributed by atoms with Gasteiger partial charge in [0.2, 0.25) is 0 Å². The smallest absolute Gasteiger partial charge is 0.153 e. The van der Waals surface area contributed by atoms with E-state index in [1.54, 1.807) is 38.2 Å². The van der Waals surface area contributed by atoms with Gasteiger partial charge in [-0.15, -0.1) is 0 Å². The average molecular weight is 260 g/mol. The van der Waals surface area contributed by atoms with Crippen molar-refractivity contribution >= 4 is 6.29 Å². The average Bonchev–Trinajstić information content (AvgIpc) is 2.78. The maximum absolute atomic E-state index is 11.1. The fourth-order valence-electron chi connectivity index (χ4n) is 2.15. The zero-order chi connectivity index (χ0) is 14.0. The quantitative estimate of drug-likeness (QED) is 0.791. The number of rotatable bonds is 4. The van der Waals surface area contributed by atoms with Gasteiger partial charge >= 0.3 is 0 Å². The van der Waals surface area contributed by atoms with Crippen LogP contribution in [0.3, 0.4) is 0 Å². The summed E-state index contributed by atoms with van der Waals surface area (Å²) in [5.41, 5.74) is 3.09. The monoisotopic (exact) mass is 260 g/mol. The van der Waals surface area contributed by atoms with Crippen LogP contribution in [0.2, 0.25) is 0 Å². The Morgan fingerprint density at radius 2 is 2.00 bits per heavy atom. The van der Waals surface area contributed by atoms with Crippen molar-refractivity contribution < 1.29 is 14.3 Å². The lowest BCUT2D eigenvalue weighted by Gasteiger charge is -2.14. The fourth-order valence-corrected chi connectivity index (χ4v) is 2.15. The van der Waals surface area contributed by atoms with Crippen LogP contribution in [-0.4, -0.2) is 30.3 Å². The predicted molar refractivity (Wildman–Crippen MR) is 71.9 cm³/mol. The highest BCUT2D eigenvalue weighted by Crippen LogP contribution is 2.37. The van der Waals surface area contributed by atoms with Gasteiger partial charge in [0, 0.05) is 18.7 Å². The van der Waals surface area contributed by atoms with Crippen LogP contribution in [0.5, 0.6) is 11.5 Å². The molecule has 0 N–H and O–H groups in total. The Labute approximate surface area is 111 Å². The van der Waals surface area contributed by atoms with E-state index in [-0.39, 0.29) is 0 Å². The van der Waals surface area contributed by atoms with Crippen LogP contribution in [0.1, 0.15) is 15.9 Å². The minimum absolute atomic E-state index is 0.536. The third kappa shape index (κ3) is 2.19. The molecular formula is C14H16N2O3. The fraction of sp³-hybridized carbons (Fsp3) is 0.286. The van der Waals surface area contributed by atoms with Crippen LogP contribution in [0.25, 0.3) is 11.3 Å². The maximum atomic E-state index is 11.1. The van der Waals surface area contributed by atoms with Crippen LogP contribution in [0, 0.1) is 6.92 Å². The lowest BCUT2D eigenvalue weighted by Crippen LogP contribution is -2.00. The number of hydrogen-bond acceptors (Lipinski definition) is 4. The minimum atomic E-state index is 0.536. The van der Waals surface area contributed by atoms with E-state index in [4.69, 9.17) is 9.47 Å². The van der Waals surface area contributed by atoms with Gasteiger partial charge < -0.3 is 9.47 Å². The van der Waals surface area contributed by atoms with Crippen molar-refractivity contribution in [3.63, 3.8) is 0 Å². The van der Waals surface area contributed by atoms with E-state index < -0.39 is 0 Å². The van der Waals surface area contributed by atoms with Gasteiger partial charge in [0.05, 0.1) is 31.7 Å². The number of hydrogen-bond donors (Lipinski definition) is 0. The van der Waals surface area contributed by atoms with Crippen LogP contribution < -0.4 is 9.47 Å². The summed E-state index contributed by atoms with van der Waals surface area (Å²) in [6.07, 6.45) is 2.34. The maximum Gasteiger partial charge on any atom is 0.153 e. The summed E-state index contributed by atoms with van der Waals surface area (Å²) in [6.45, 7) is 1.95. The lowest BCUT2D eigenvalue weighted by molar-refractivity contribution is 0.112. The number of aryl methyl sites for hydroxylation is 2. The number of nitrogens with zero attached hydrogens (tertiary/aromatic N) is 2. The molecule has 1 heterocycles. The molecule has 0 saturated heterocycles. The molecule has 1 aromatic carbocycles. The molecule has 1 aromatic heterocycles. The number of methoxy groups -OCH3 is 2. The molecule has 0 saturated carbocycles. The van der Waals surface area contributed by atoms with E-state index in [2.05, 4.69) is 5.10 Å². The molecule has 5 nitrogen and oxygen atoms in total. The Morgan fingerprint density at radius 3 is 2.58 bits per heavy atom. The van der Waals surface area contributed by atoms with Gasteiger partial charge in [-0.1, -0.05) is 0 Å². The number of aromatic nitrogens is 2. The van der Waals surface area contributed by atoms with E-state index in [9.17, 15) is 4.79 Å². The molecular weight excluding hydrogens is 244 g/mol. The van der Waals surface area contributed by atoms with Gasteiger partial charge in [0.15, 0.2) is 6.29 Å². The Hall–Kier alpha value is -2.30. The standard InChI is InChI=1S/C14H16N2O3/c1-9-5-11(18-3)6-12(19-4)13(9)14-10(8-17)7-15-16(14)2/h5-8H,1-4H3. The van der Waals surface area contributed by atoms with E-state index in [1.807, 2.05) is 13.0 Å². The first-order valence-electron chi connectivity index (χ1n) is 5.82. The molecule has 19 heavy (non-hydrogen) atoms. The number of aldehydes is 1. The number of carbonyl (C=O) groups excluding carboxylic acids is 1. The summed E-state index contributed by atoms with van der Waals surface area (Å²) in [5.74, 6) is 1.37. The number of carbonyl (C=O) groups is 1. The van der Waals surface area contributed by atoms with E-state index in [0.717, 1.165) is 23.1 Å². The van der Waals surface area contributed by atoms with Gasteiger partial charge in [0.25, 0.3) is 0 Å². The summed E-state index contributed by atoms with van der Waals surface area (Å²) in [6, 6.07) is 3.70. The van der Waals surface area contributed by atoms with Gasteiger partial charge in [-0.05, 0) is 18.6 Å². The molecule has 0 amide bonds. The van der Waals surface area contributed by atoms with E-state index >= 15 is 0 Å². The molecule has 0 bridgehead atoms. The highest BCUT2D eigenvalue weighted by atomic mass is 16.5. The van der Waals surface area contributed by atoms with E-state index in [1.165, 1.54) is 0 Å². The second-order valence-electron chi connectivity index (χ2n) is 4.21. The Kier molecular flexibility index (Phi) is 3.55. The first-order chi connectivity index (χ1) is 9.12. The third-order valence-corrected chi connectivity index (χ3v) is 3.06. The molecule has 0 aliphatic heterocycles. The molecule has 0 radical (unpaired) electrons. The Balaban J connectivity index is 2.74. The molecule has 100 valence electrons. The minimum Gasteiger partial charge on any atom is -0.497 e. The van der Waals surface area contributed by atoms with Crippen LogP contribution in [0.4, 0.5) is 0 Å². The molecule has 0 aliphatic carbocycles. The summed E-state index contributed by atoms with van der Waals surface area (Å²) in [7, 11) is 4.99. The number of ether oxygens (including phenoxy) is 2. The molecule has 0 aliphatic rings. The zero-order valence-corrected chi connectivity index (χ0v) is 11.4. The van der Waals surface area contributed by atoms with Crippen molar-refractivity contribution in [3.8, 4) is 22.8 Å². The van der Waals surface area contributed by atoms with Gasteiger partial charge in [-0.3, -0.25) is 9.48 Å². The molecule has 0 spiro atoms. The topological polar surface area (TPSA) is 53.3 Å². The highest BCUT2D eigenvalue weighted by Gasteiger charge is 2.18. The summed E-state index contributed by atoms with van der Waals surface area (Å²) < 4.78 is 12.3. The van der Waals surface area contributed by atoms with Gasteiger partial charge in [0.1, 0.15) is 11.5 Å². The Morgan fingerprint density at radius 1 is 1.26 bits per heavy atom. The Bertz CT molecular complexity index is 617. The van der Waals surface area contributed by atoms with Crippen molar-refractivity contribution in [2.45, 2.75) is 6.92 Å². The second-order valence-corrected chi connectivity index (χ2v) is 4.21. The zero-order valence-electron chi connectivity index (χ0n) is 11.4. The normalized spacial score (nSPS) is 10.3. The molecule has 2 rings (SSSR count). The SMILES string of the molecule is COc1cc(C)c(-c2c(C=O)cnn2C)c(OC)c1. The van der Waals surface area contributed by atoms with Crippen molar-refractivity contribution in [1.29, 1.82) is 0 Å². The van der Waals surface area contributed by atoms with Crippen molar-refractivity contribution in [2.75, 3.05) is 14.2 Å². The molecule has 0 unspecified atom stereocenters. The first kappa shape index (κ1) is 13.1. The van der Waals surface area contributed by atoms with Crippen molar-refractivity contribution in [2.24, 2.45) is 7.05 Å². The van der Waals surface area contributed by atoms with Gasteiger partial charge in [-0.2, -0.15) is 5.10 Å². The highest BCUT2D eigenvalue weighted by molar-refractivity contribution is 5.88. The molecule has 2 aromatic rings. The van der Waals surface area contributed by atoms with Gasteiger partial charge in [-0.25, -0.2) is 0 Å². The molecule has 5 heteroatoms. The lowest BCUT2D eigenvalue weighted by atomic mass is 10.0.